The largest absolute Gasteiger partial charge is 0.469 e. The summed E-state index contributed by atoms with van der Waals surface area (Å²) in [4.78, 5) is 63.4. The van der Waals surface area contributed by atoms with Crippen LogP contribution in [0.25, 0.3) is 0 Å². The number of carbonyl (C=O) groups excluding carboxylic acids is 5. The van der Waals surface area contributed by atoms with Crippen LogP contribution in [0.2, 0.25) is 0 Å². The van der Waals surface area contributed by atoms with Crippen molar-refractivity contribution < 1.29 is 33.4 Å². The maximum absolute atomic E-state index is 13.3. The van der Waals surface area contributed by atoms with E-state index >= 15 is 0 Å². The number of Topliss-reactive ketones (excluding diaryl/α,β-unsaturated/α-hetero) is 1. The normalized spacial score (nSPS) is 19.2. The van der Waals surface area contributed by atoms with Crippen molar-refractivity contribution in [1.29, 1.82) is 0 Å². The quantitative estimate of drug-likeness (QED) is 0.154. The first kappa shape index (κ1) is 31.5. The van der Waals surface area contributed by atoms with E-state index in [9.17, 15) is 24.0 Å². The van der Waals surface area contributed by atoms with Gasteiger partial charge in [-0.25, -0.2) is 0 Å². The molecule has 1 saturated heterocycles. The maximum atomic E-state index is 13.3. The second-order valence-corrected chi connectivity index (χ2v) is 10.5. The summed E-state index contributed by atoms with van der Waals surface area (Å²) in [6.45, 7) is 11.5. The summed E-state index contributed by atoms with van der Waals surface area (Å²) >= 11 is 0. The van der Waals surface area contributed by atoms with E-state index in [1.54, 1.807) is 20.8 Å². The molecule has 10 nitrogen and oxygen atoms in total. The highest BCUT2D eigenvalue weighted by molar-refractivity contribution is 5.98. The Bertz CT molecular complexity index is 777. The number of rotatable bonds is 17. The van der Waals surface area contributed by atoms with Gasteiger partial charge >= 0.3 is 5.97 Å². The predicted octanol–water partition coefficient (Wildman–Crippen LogP) is 2.03. The van der Waals surface area contributed by atoms with Gasteiger partial charge in [0, 0.05) is 12.8 Å². The van der Waals surface area contributed by atoms with Gasteiger partial charge in [-0.1, -0.05) is 47.5 Å². The van der Waals surface area contributed by atoms with Gasteiger partial charge in [-0.3, -0.25) is 24.0 Å². The second kappa shape index (κ2) is 14.9. The number of nitrogens with one attached hydrogen (secondary N) is 3. The molecule has 0 unspecified atom stereocenters. The summed E-state index contributed by atoms with van der Waals surface area (Å²) in [5, 5.41) is 8.21. The van der Waals surface area contributed by atoms with Crippen molar-refractivity contribution in [3.05, 3.63) is 0 Å². The van der Waals surface area contributed by atoms with Crippen LogP contribution in [0.5, 0.6) is 0 Å². The van der Waals surface area contributed by atoms with E-state index < -0.39 is 41.5 Å². The number of carbonyl (C=O) groups is 5. The molecule has 3 amide bonds. The highest BCUT2D eigenvalue weighted by Crippen LogP contribution is 2.29. The zero-order valence-electron chi connectivity index (χ0n) is 22.9. The minimum atomic E-state index is -1.09. The van der Waals surface area contributed by atoms with Crippen LogP contribution in [0.3, 0.4) is 0 Å². The summed E-state index contributed by atoms with van der Waals surface area (Å²) in [6, 6.07) is -2.73. The number of ether oxygens (including phenoxy) is 2. The summed E-state index contributed by atoms with van der Waals surface area (Å²) in [6.07, 6.45) is 3.23. The molecule has 0 radical (unpaired) electrons. The van der Waals surface area contributed by atoms with Crippen molar-refractivity contribution in [2.75, 3.05) is 13.7 Å². The number of epoxide rings is 1. The molecule has 1 aliphatic rings. The van der Waals surface area contributed by atoms with Crippen LogP contribution in [0.1, 0.15) is 86.5 Å². The van der Waals surface area contributed by atoms with Crippen LogP contribution in [0, 0.1) is 11.8 Å². The minimum absolute atomic E-state index is 0.0180. The van der Waals surface area contributed by atoms with Gasteiger partial charge in [-0.2, -0.15) is 0 Å². The zero-order chi connectivity index (χ0) is 27.5. The first-order chi connectivity index (χ1) is 16.8. The molecule has 36 heavy (non-hydrogen) atoms. The smallest absolute Gasteiger partial charge is 0.305 e. The molecule has 0 aromatic rings. The van der Waals surface area contributed by atoms with Crippen LogP contribution >= 0.6 is 0 Å². The number of ketones is 1. The lowest BCUT2D eigenvalue weighted by Crippen LogP contribution is -2.57. The number of hydrogen-bond donors (Lipinski definition) is 3. The van der Waals surface area contributed by atoms with Gasteiger partial charge in [0.1, 0.15) is 17.7 Å². The molecule has 1 aliphatic heterocycles. The molecule has 0 aromatic carbocycles. The van der Waals surface area contributed by atoms with Crippen molar-refractivity contribution in [1.82, 2.24) is 16.0 Å². The molecule has 0 aromatic heterocycles. The van der Waals surface area contributed by atoms with E-state index in [1.165, 1.54) is 7.11 Å². The van der Waals surface area contributed by atoms with Crippen molar-refractivity contribution in [3.63, 3.8) is 0 Å². The van der Waals surface area contributed by atoms with E-state index in [0.717, 1.165) is 19.3 Å². The van der Waals surface area contributed by atoms with Gasteiger partial charge < -0.3 is 25.4 Å². The third kappa shape index (κ3) is 10.6. The molecule has 10 heteroatoms. The number of methoxy groups -OCH3 is 1. The molecule has 3 N–H and O–H groups in total. The fourth-order valence-corrected chi connectivity index (χ4v) is 3.80. The summed E-state index contributed by atoms with van der Waals surface area (Å²) in [5.41, 5.74) is -0.914. The fraction of sp³-hybridized carbons (Fsp3) is 0.808. The first-order valence-corrected chi connectivity index (χ1v) is 13.0. The maximum Gasteiger partial charge on any atom is 0.305 e. The van der Waals surface area contributed by atoms with Crippen LogP contribution in [-0.2, 0) is 33.4 Å². The van der Waals surface area contributed by atoms with E-state index in [1.807, 2.05) is 20.8 Å². The van der Waals surface area contributed by atoms with E-state index in [4.69, 9.17) is 4.74 Å². The lowest BCUT2D eigenvalue weighted by molar-refractivity contribution is -0.141. The van der Waals surface area contributed by atoms with Gasteiger partial charge in [-0.15, -0.1) is 0 Å². The van der Waals surface area contributed by atoms with Crippen LogP contribution in [-0.4, -0.2) is 66.9 Å². The van der Waals surface area contributed by atoms with Gasteiger partial charge in [0.25, 0.3) is 0 Å². The van der Waals surface area contributed by atoms with Gasteiger partial charge in [-0.05, 0) is 38.0 Å². The molecule has 206 valence electrons. The number of hydrogen-bond acceptors (Lipinski definition) is 7. The Kier molecular flexibility index (Phi) is 13.1. The van der Waals surface area contributed by atoms with Crippen molar-refractivity contribution in [2.45, 2.75) is 110 Å². The Morgan fingerprint density at radius 3 is 2.03 bits per heavy atom. The Morgan fingerprint density at radius 1 is 0.917 bits per heavy atom. The lowest BCUT2D eigenvalue weighted by Gasteiger charge is -2.27. The van der Waals surface area contributed by atoms with Gasteiger partial charge in [0.2, 0.25) is 17.7 Å². The molecule has 0 saturated carbocycles. The van der Waals surface area contributed by atoms with Crippen molar-refractivity contribution in [3.8, 4) is 0 Å². The SMILES string of the molecule is CCCCCC(=O)N[C@H](C(=O)N[C@@H](CCC(=O)OC)C(=O)N[C@@H](CC(C)C)C(=O)[C@]1(C)CO1)C(C)C. The average Bonchev–Trinajstić information content (AvgIpc) is 3.56. The minimum Gasteiger partial charge on any atom is -0.469 e. The topological polar surface area (TPSA) is 143 Å². The number of esters is 1. The monoisotopic (exact) mass is 511 g/mol. The Morgan fingerprint density at radius 2 is 1.53 bits per heavy atom. The summed E-state index contributed by atoms with van der Waals surface area (Å²) < 4.78 is 9.96. The summed E-state index contributed by atoms with van der Waals surface area (Å²) in [5.74, 6) is -2.18. The molecule has 0 spiro atoms. The molecule has 4 atom stereocenters. The van der Waals surface area contributed by atoms with E-state index in [0.29, 0.717) is 19.4 Å². The van der Waals surface area contributed by atoms with E-state index in [-0.39, 0.29) is 36.4 Å². The third-order valence-corrected chi connectivity index (χ3v) is 6.21. The van der Waals surface area contributed by atoms with Crippen molar-refractivity contribution in [2.24, 2.45) is 11.8 Å². The second-order valence-electron chi connectivity index (χ2n) is 10.5. The Balaban J connectivity index is 2.99. The standard InChI is InChI=1S/C26H45N3O7/c1-8-9-10-11-20(30)29-22(17(4)5)25(34)27-18(12-13-21(31)35-7)24(33)28-19(14-16(2)3)23(32)26(6)15-36-26/h16-19,22H,8-15H2,1-7H3,(H,27,34)(H,28,33)(H,29,30)/t18-,19-,22-,26-/m0/s1. The van der Waals surface area contributed by atoms with E-state index in [2.05, 4.69) is 20.7 Å². The number of unbranched alkanes of at least 4 members (excludes halogenated alkanes) is 2. The molecule has 0 aliphatic carbocycles. The van der Waals surface area contributed by atoms with Crippen LogP contribution in [0.15, 0.2) is 0 Å². The van der Waals surface area contributed by atoms with Gasteiger partial charge in [0.05, 0.1) is 19.8 Å². The molecule has 1 fully saturated rings. The summed E-state index contributed by atoms with van der Waals surface area (Å²) in [7, 11) is 1.24. The van der Waals surface area contributed by atoms with Crippen molar-refractivity contribution >= 4 is 29.5 Å². The highest BCUT2D eigenvalue weighted by atomic mass is 16.6. The fourth-order valence-electron chi connectivity index (χ4n) is 3.80. The highest BCUT2D eigenvalue weighted by Gasteiger charge is 2.50. The molecular weight excluding hydrogens is 466 g/mol. The molecule has 1 heterocycles. The molecule has 1 rings (SSSR count). The Labute approximate surface area is 215 Å². The third-order valence-electron chi connectivity index (χ3n) is 6.21. The Hall–Kier alpha value is -2.49. The van der Waals surface area contributed by atoms with Crippen LogP contribution < -0.4 is 16.0 Å². The molecule has 0 bridgehead atoms. The van der Waals surface area contributed by atoms with Gasteiger partial charge in [0.15, 0.2) is 5.78 Å². The average molecular weight is 512 g/mol. The first-order valence-electron chi connectivity index (χ1n) is 13.0. The van der Waals surface area contributed by atoms with Crippen LogP contribution in [0.4, 0.5) is 0 Å². The molecular formula is C26H45N3O7. The zero-order valence-corrected chi connectivity index (χ0v) is 22.9. The number of amides is 3. The lowest BCUT2D eigenvalue weighted by atomic mass is 9.93. The predicted molar refractivity (Wildman–Crippen MR) is 135 cm³/mol.